The van der Waals surface area contributed by atoms with Gasteiger partial charge in [-0.2, -0.15) is 0 Å². The zero-order chi connectivity index (χ0) is 13.1. The van der Waals surface area contributed by atoms with Crippen LogP contribution in [-0.4, -0.2) is 49.0 Å². The highest BCUT2D eigenvalue weighted by molar-refractivity contribution is 5.94. The van der Waals surface area contributed by atoms with Gasteiger partial charge in [0.2, 0.25) is 0 Å². The van der Waals surface area contributed by atoms with Gasteiger partial charge in [0.25, 0.3) is 5.91 Å². The summed E-state index contributed by atoms with van der Waals surface area (Å²) in [6, 6.07) is 3.79. The SMILES string of the molecule is CN(C)c1ccc(C(=O)N2CCC[C@H](N)C2)cn1. The highest BCUT2D eigenvalue weighted by Gasteiger charge is 2.22. The Balaban J connectivity index is 2.08. The lowest BCUT2D eigenvalue weighted by molar-refractivity contribution is 0.0708. The average Bonchev–Trinajstić information content (AvgIpc) is 2.38. The van der Waals surface area contributed by atoms with Crippen LogP contribution in [0.4, 0.5) is 5.82 Å². The fourth-order valence-corrected chi connectivity index (χ4v) is 2.15. The van der Waals surface area contributed by atoms with E-state index in [0.717, 1.165) is 25.2 Å². The molecule has 1 aliphatic rings. The van der Waals surface area contributed by atoms with Crippen LogP contribution in [0.25, 0.3) is 0 Å². The number of likely N-dealkylation sites (tertiary alicyclic amines) is 1. The number of nitrogens with zero attached hydrogens (tertiary/aromatic N) is 3. The molecule has 0 saturated carbocycles. The van der Waals surface area contributed by atoms with E-state index in [2.05, 4.69) is 4.98 Å². The maximum Gasteiger partial charge on any atom is 0.255 e. The van der Waals surface area contributed by atoms with Crippen molar-refractivity contribution in [2.24, 2.45) is 5.73 Å². The normalized spacial score (nSPS) is 19.7. The number of anilines is 1. The van der Waals surface area contributed by atoms with Crippen LogP contribution >= 0.6 is 0 Å². The summed E-state index contributed by atoms with van der Waals surface area (Å²) < 4.78 is 0. The second kappa shape index (κ2) is 5.35. The first-order valence-corrected chi connectivity index (χ1v) is 6.26. The van der Waals surface area contributed by atoms with E-state index in [0.29, 0.717) is 12.1 Å². The van der Waals surface area contributed by atoms with Crippen LogP contribution in [0.5, 0.6) is 0 Å². The highest BCUT2D eigenvalue weighted by atomic mass is 16.2. The summed E-state index contributed by atoms with van der Waals surface area (Å²) in [4.78, 5) is 20.2. The van der Waals surface area contributed by atoms with Crippen LogP contribution in [0.2, 0.25) is 0 Å². The number of piperidine rings is 1. The maximum absolute atomic E-state index is 12.2. The summed E-state index contributed by atoms with van der Waals surface area (Å²) in [5.74, 6) is 0.879. The molecule has 1 amide bonds. The van der Waals surface area contributed by atoms with Crippen molar-refractivity contribution in [1.29, 1.82) is 0 Å². The van der Waals surface area contributed by atoms with Gasteiger partial charge in [0.15, 0.2) is 0 Å². The third kappa shape index (κ3) is 2.79. The van der Waals surface area contributed by atoms with E-state index in [9.17, 15) is 4.79 Å². The van der Waals surface area contributed by atoms with Gasteiger partial charge < -0.3 is 15.5 Å². The quantitative estimate of drug-likeness (QED) is 0.837. The van der Waals surface area contributed by atoms with Gasteiger partial charge in [-0.1, -0.05) is 0 Å². The van der Waals surface area contributed by atoms with Crippen molar-refractivity contribution in [3.05, 3.63) is 23.9 Å². The lowest BCUT2D eigenvalue weighted by Gasteiger charge is -2.30. The van der Waals surface area contributed by atoms with Crippen molar-refractivity contribution >= 4 is 11.7 Å². The predicted octanol–water partition coefficient (Wildman–Crippen LogP) is 0.711. The van der Waals surface area contributed by atoms with E-state index in [1.54, 1.807) is 6.20 Å². The summed E-state index contributed by atoms with van der Waals surface area (Å²) in [6.45, 7) is 1.44. The zero-order valence-corrected chi connectivity index (χ0v) is 11.0. The molecule has 2 rings (SSSR count). The van der Waals surface area contributed by atoms with Crippen LogP contribution in [0.15, 0.2) is 18.3 Å². The summed E-state index contributed by atoms with van der Waals surface area (Å²) in [6.07, 6.45) is 3.62. The third-order valence-electron chi connectivity index (χ3n) is 3.20. The molecule has 98 valence electrons. The minimum Gasteiger partial charge on any atom is -0.363 e. The molecule has 18 heavy (non-hydrogen) atoms. The number of carbonyl (C=O) groups excluding carboxylic acids is 1. The molecule has 1 atom stereocenters. The lowest BCUT2D eigenvalue weighted by atomic mass is 10.1. The topological polar surface area (TPSA) is 62.5 Å². The van der Waals surface area contributed by atoms with Crippen LogP contribution in [0.3, 0.4) is 0 Å². The van der Waals surface area contributed by atoms with Gasteiger partial charge in [0.05, 0.1) is 5.56 Å². The summed E-state index contributed by atoms with van der Waals surface area (Å²) >= 11 is 0. The van der Waals surface area contributed by atoms with E-state index in [-0.39, 0.29) is 11.9 Å². The predicted molar refractivity (Wildman–Crippen MR) is 71.7 cm³/mol. The second-order valence-electron chi connectivity index (χ2n) is 4.95. The van der Waals surface area contributed by atoms with E-state index < -0.39 is 0 Å². The average molecular weight is 248 g/mol. The molecule has 0 aliphatic carbocycles. The van der Waals surface area contributed by atoms with E-state index >= 15 is 0 Å². The molecule has 5 heteroatoms. The lowest BCUT2D eigenvalue weighted by Crippen LogP contribution is -2.45. The van der Waals surface area contributed by atoms with E-state index in [4.69, 9.17) is 5.73 Å². The van der Waals surface area contributed by atoms with Gasteiger partial charge >= 0.3 is 0 Å². The first kappa shape index (κ1) is 12.8. The number of rotatable bonds is 2. The van der Waals surface area contributed by atoms with Crippen LogP contribution in [0, 0.1) is 0 Å². The molecular weight excluding hydrogens is 228 g/mol. The minimum absolute atomic E-state index is 0.0305. The van der Waals surface area contributed by atoms with Crippen molar-refractivity contribution in [3.8, 4) is 0 Å². The van der Waals surface area contributed by atoms with Crippen LogP contribution < -0.4 is 10.6 Å². The number of hydrogen-bond acceptors (Lipinski definition) is 4. The van der Waals surface area contributed by atoms with Crippen molar-refractivity contribution in [1.82, 2.24) is 9.88 Å². The zero-order valence-electron chi connectivity index (χ0n) is 11.0. The van der Waals surface area contributed by atoms with Crippen LogP contribution in [-0.2, 0) is 0 Å². The Morgan fingerprint density at radius 3 is 2.83 bits per heavy atom. The Labute approximate surface area is 108 Å². The molecule has 0 bridgehead atoms. The van der Waals surface area contributed by atoms with Gasteiger partial charge in [0.1, 0.15) is 5.82 Å². The molecule has 5 nitrogen and oxygen atoms in total. The number of nitrogens with two attached hydrogens (primary N) is 1. The second-order valence-corrected chi connectivity index (χ2v) is 4.95. The van der Waals surface area contributed by atoms with Crippen LogP contribution in [0.1, 0.15) is 23.2 Å². The van der Waals surface area contributed by atoms with Crippen molar-refractivity contribution in [2.75, 3.05) is 32.1 Å². The van der Waals surface area contributed by atoms with E-state index in [1.807, 2.05) is 36.0 Å². The number of pyridine rings is 1. The highest BCUT2D eigenvalue weighted by Crippen LogP contribution is 2.14. The minimum atomic E-state index is 0.0305. The molecule has 0 spiro atoms. The summed E-state index contributed by atoms with van der Waals surface area (Å²) in [7, 11) is 3.85. The van der Waals surface area contributed by atoms with Crippen molar-refractivity contribution in [2.45, 2.75) is 18.9 Å². The Bertz CT molecular complexity index is 416. The molecule has 0 unspecified atom stereocenters. The first-order chi connectivity index (χ1) is 8.58. The number of aromatic nitrogens is 1. The monoisotopic (exact) mass is 248 g/mol. The number of hydrogen-bond donors (Lipinski definition) is 1. The Morgan fingerprint density at radius 2 is 2.28 bits per heavy atom. The molecule has 1 fully saturated rings. The molecule has 1 aromatic heterocycles. The van der Waals surface area contributed by atoms with Crippen molar-refractivity contribution < 1.29 is 4.79 Å². The van der Waals surface area contributed by atoms with Gasteiger partial charge in [-0.05, 0) is 25.0 Å². The number of amides is 1. The third-order valence-corrected chi connectivity index (χ3v) is 3.20. The van der Waals surface area contributed by atoms with E-state index in [1.165, 1.54) is 0 Å². The van der Waals surface area contributed by atoms with Gasteiger partial charge in [-0.25, -0.2) is 4.98 Å². The largest absolute Gasteiger partial charge is 0.363 e. The Kier molecular flexibility index (Phi) is 3.81. The maximum atomic E-state index is 12.2. The fraction of sp³-hybridized carbons (Fsp3) is 0.538. The summed E-state index contributed by atoms with van der Waals surface area (Å²) in [5, 5.41) is 0. The molecule has 0 aromatic carbocycles. The Morgan fingerprint density at radius 1 is 1.50 bits per heavy atom. The smallest absolute Gasteiger partial charge is 0.255 e. The molecule has 1 aromatic rings. The van der Waals surface area contributed by atoms with Crippen molar-refractivity contribution in [3.63, 3.8) is 0 Å². The first-order valence-electron chi connectivity index (χ1n) is 6.26. The molecule has 2 heterocycles. The van der Waals surface area contributed by atoms with Gasteiger partial charge in [0, 0.05) is 39.4 Å². The molecule has 0 radical (unpaired) electrons. The fourth-order valence-electron chi connectivity index (χ4n) is 2.15. The summed E-state index contributed by atoms with van der Waals surface area (Å²) in [5.41, 5.74) is 6.52. The standard InChI is InChI=1S/C13H20N4O/c1-16(2)12-6-5-10(8-15-12)13(18)17-7-3-4-11(14)9-17/h5-6,8,11H,3-4,7,9,14H2,1-2H3/t11-/m0/s1. The Hall–Kier alpha value is -1.62. The molecule has 2 N–H and O–H groups in total. The van der Waals surface area contributed by atoms with Gasteiger partial charge in [-0.3, -0.25) is 4.79 Å². The molecule has 1 aliphatic heterocycles. The molecule has 1 saturated heterocycles. The molecular formula is C13H20N4O. The van der Waals surface area contributed by atoms with Gasteiger partial charge in [-0.15, -0.1) is 0 Å². The number of carbonyl (C=O) groups is 1.